The predicted molar refractivity (Wildman–Crippen MR) is 94.3 cm³/mol. The molecule has 0 heterocycles. The van der Waals surface area contributed by atoms with Gasteiger partial charge in [0, 0.05) is 12.1 Å². The molecule has 4 nitrogen and oxygen atoms in total. The molecule has 2 aromatic carbocycles. The van der Waals surface area contributed by atoms with Gasteiger partial charge in [-0.1, -0.05) is 35.9 Å². The van der Waals surface area contributed by atoms with Gasteiger partial charge in [-0.25, -0.2) is 0 Å². The summed E-state index contributed by atoms with van der Waals surface area (Å²) in [6.07, 6.45) is 0. The van der Waals surface area contributed by atoms with Crippen molar-refractivity contribution >= 4 is 23.2 Å². The van der Waals surface area contributed by atoms with E-state index in [-0.39, 0.29) is 12.5 Å². The highest BCUT2D eigenvalue weighted by atomic mass is 35.5. The molecule has 0 aliphatic carbocycles. The molecule has 0 aromatic heterocycles. The van der Waals surface area contributed by atoms with Crippen LogP contribution in [0.25, 0.3) is 0 Å². The van der Waals surface area contributed by atoms with Crippen molar-refractivity contribution in [3.63, 3.8) is 0 Å². The number of carbonyl (C=O) groups excluding carboxylic acids is 1. The van der Waals surface area contributed by atoms with Crippen molar-refractivity contribution in [2.45, 2.75) is 20.4 Å². The van der Waals surface area contributed by atoms with Crippen LogP contribution in [0.4, 0.5) is 5.69 Å². The number of halogens is 1. The van der Waals surface area contributed by atoms with Crippen molar-refractivity contribution in [1.29, 1.82) is 0 Å². The van der Waals surface area contributed by atoms with Gasteiger partial charge >= 0.3 is 0 Å². The summed E-state index contributed by atoms with van der Waals surface area (Å²) in [5.41, 5.74) is 3.85. The minimum atomic E-state index is -0.105. The Morgan fingerprint density at radius 3 is 2.65 bits per heavy atom. The maximum Gasteiger partial charge on any atom is 0.239 e. The van der Waals surface area contributed by atoms with Crippen molar-refractivity contribution in [3.8, 4) is 5.75 Å². The summed E-state index contributed by atoms with van der Waals surface area (Å²) >= 11 is 6.22. The van der Waals surface area contributed by atoms with Gasteiger partial charge in [0.25, 0.3) is 0 Å². The molecule has 2 N–H and O–H groups in total. The number of ether oxygens (including phenoxy) is 1. The van der Waals surface area contributed by atoms with Gasteiger partial charge in [0.2, 0.25) is 5.91 Å². The van der Waals surface area contributed by atoms with Gasteiger partial charge in [-0.15, -0.1) is 0 Å². The molecule has 1 amide bonds. The van der Waals surface area contributed by atoms with E-state index in [1.54, 1.807) is 7.11 Å². The van der Waals surface area contributed by atoms with E-state index in [4.69, 9.17) is 16.3 Å². The standard InChI is InChI=1S/C18H21ClN2O2/c1-12-8-13(2)18(15(19)9-12)21-11-17(22)20-10-14-6-4-5-7-16(14)23-3/h4-9,21H,10-11H2,1-3H3,(H,20,22). The largest absolute Gasteiger partial charge is 0.496 e. The first-order valence-corrected chi connectivity index (χ1v) is 7.78. The monoisotopic (exact) mass is 332 g/mol. The molecule has 0 saturated heterocycles. The van der Waals surface area contributed by atoms with Gasteiger partial charge in [0.15, 0.2) is 0 Å². The van der Waals surface area contributed by atoms with Crippen LogP contribution in [0.1, 0.15) is 16.7 Å². The lowest BCUT2D eigenvalue weighted by Gasteiger charge is -2.13. The van der Waals surface area contributed by atoms with Crippen LogP contribution in [0.3, 0.4) is 0 Å². The fourth-order valence-corrected chi connectivity index (χ4v) is 2.80. The highest BCUT2D eigenvalue weighted by Gasteiger charge is 2.08. The smallest absolute Gasteiger partial charge is 0.239 e. The fraction of sp³-hybridized carbons (Fsp3) is 0.278. The fourth-order valence-electron chi connectivity index (χ4n) is 2.41. The third-order valence-corrected chi connectivity index (χ3v) is 3.82. The molecule has 0 aliphatic heterocycles. The molecule has 0 aliphatic rings. The van der Waals surface area contributed by atoms with E-state index < -0.39 is 0 Å². The highest BCUT2D eigenvalue weighted by molar-refractivity contribution is 6.33. The van der Waals surface area contributed by atoms with Crippen molar-refractivity contribution in [3.05, 3.63) is 58.1 Å². The van der Waals surface area contributed by atoms with E-state index in [2.05, 4.69) is 10.6 Å². The van der Waals surface area contributed by atoms with Crippen LogP contribution < -0.4 is 15.4 Å². The van der Waals surface area contributed by atoms with Crippen LogP contribution in [-0.2, 0) is 11.3 Å². The van der Waals surface area contributed by atoms with Crippen LogP contribution in [0.2, 0.25) is 5.02 Å². The Morgan fingerprint density at radius 2 is 1.96 bits per heavy atom. The zero-order valence-corrected chi connectivity index (χ0v) is 14.3. The van der Waals surface area contributed by atoms with Gasteiger partial charge in [0.05, 0.1) is 24.4 Å². The van der Waals surface area contributed by atoms with Gasteiger partial charge in [-0.2, -0.15) is 0 Å². The quantitative estimate of drug-likeness (QED) is 0.848. The summed E-state index contributed by atoms with van der Waals surface area (Å²) in [5, 5.41) is 6.59. The first-order chi connectivity index (χ1) is 11.0. The molecular formula is C18H21ClN2O2. The lowest BCUT2D eigenvalue weighted by Crippen LogP contribution is -2.29. The summed E-state index contributed by atoms with van der Waals surface area (Å²) in [7, 11) is 1.62. The Balaban J connectivity index is 1.91. The second-order valence-corrected chi connectivity index (χ2v) is 5.79. The maximum absolute atomic E-state index is 12.0. The number of nitrogens with one attached hydrogen (secondary N) is 2. The molecule has 5 heteroatoms. The van der Waals surface area contributed by atoms with Crippen LogP contribution in [0.15, 0.2) is 36.4 Å². The van der Waals surface area contributed by atoms with Crippen LogP contribution >= 0.6 is 11.6 Å². The number of para-hydroxylation sites is 1. The number of benzene rings is 2. The number of hydrogen-bond acceptors (Lipinski definition) is 3. The van der Waals surface area contributed by atoms with Gasteiger partial charge in [-0.3, -0.25) is 4.79 Å². The molecular weight excluding hydrogens is 312 g/mol. The Morgan fingerprint density at radius 1 is 1.22 bits per heavy atom. The van der Waals surface area contributed by atoms with E-state index >= 15 is 0 Å². The minimum absolute atomic E-state index is 0.105. The Labute approximate surface area is 141 Å². The molecule has 0 radical (unpaired) electrons. The van der Waals surface area contributed by atoms with E-state index in [1.165, 1.54) is 0 Å². The maximum atomic E-state index is 12.0. The summed E-state index contributed by atoms with van der Waals surface area (Å²) in [4.78, 5) is 12.0. The molecule has 2 rings (SSSR count). The Hall–Kier alpha value is -2.20. The van der Waals surface area contributed by atoms with Gasteiger partial charge in [-0.05, 0) is 37.1 Å². The third-order valence-electron chi connectivity index (χ3n) is 3.53. The molecule has 0 bridgehead atoms. The molecule has 0 fully saturated rings. The zero-order chi connectivity index (χ0) is 16.8. The molecule has 0 saturated carbocycles. The van der Waals surface area contributed by atoms with Crippen LogP contribution in [0.5, 0.6) is 5.75 Å². The number of anilines is 1. The van der Waals surface area contributed by atoms with E-state index in [0.717, 1.165) is 28.1 Å². The average Bonchev–Trinajstić information content (AvgIpc) is 2.52. The number of hydrogen-bond donors (Lipinski definition) is 2. The second-order valence-electron chi connectivity index (χ2n) is 5.38. The van der Waals surface area contributed by atoms with E-state index in [0.29, 0.717) is 11.6 Å². The zero-order valence-electron chi connectivity index (χ0n) is 13.6. The molecule has 0 atom stereocenters. The highest BCUT2D eigenvalue weighted by Crippen LogP contribution is 2.27. The van der Waals surface area contributed by atoms with Crippen molar-refractivity contribution < 1.29 is 9.53 Å². The van der Waals surface area contributed by atoms with Gasteiger partial charge < -0.3 is 15.4 Å². The number of methoxy groups -OCH3 is 1. The first kappa shape index (κ1) is 17.2. The van der Waals surface area contributed by atoms with Crippen LogP contribution in [-0.4, -0.2) is 19.6 Å². The average molecular weight is 333 g/mol. The number of rotatable bonds is 6. The predicted octanol–water partition coefficient (Wildman–Crippen LogP) is 3.69. The minimum Gasteiger partial charge on any atom is -0.496 e. The molecule has 2 aromatic rings. The summed E-state index contributed by atoms with van der Waals surface area (Å²) in [6.45, 7) is 4.54. The lowest BCUT2D eigenvalue weighted by atomic mass is 10.1. The Kier molecular flexibility index (Phi) is 5.88. The van der Waals surface area contributed by atoms with Crippen molar-refractivity contribution in [2.24, 2.45) is 0 Å². The van der Waals surface area contributed by atoms with Crippen LogP contribution in [0, 0.1) is 13.8 Å². The van der Waals surface area contributed by atoms with E-state index in [9.17, 15) is 4.79 Å². The summed E-state index contributed by atoms with van der Waals surface area (Å²) in [5.74, 6) is 0.658. The molecule has 0 spiro atoms. The second kappa shape index (κ2) is 7.88. The van der Waals surface area contributed by atoms with Crippen molar-refractivity contribution in [2.75, 3.05) is 19.0 Å². The SMILES string of the molecule is COc1ccccc1CNC(=O)CNc1c(C)cc(C)cc1Cl. The third kappa shape index (κ3) is 4.63. The van der Waals surface area contributed by atoms with Crippen molar-refractivity contribution in [1.82, 2.24) is 5.32 Å². The Bertz CT molecular complexity index is 678. The number of aryl methyl sites for hydroxylation is 2. The molecule has 23 heavy (non-hydrogen) atoms. The normalized spacial score (nSPS) is 10.3. The summed E-state index contributed by atoms with van der Waals surface area (Å²) < 4.78 is 5.27. The topological polar surface area (TPSA) is 50.4 Å². The number of carbonyl (C=O) groups is 1. The van der Waals surface area contributed by atoms with E-state index in [1.807, 2.05) is 50.2 Å². The summed E-state index contributed by atoms with van der Waals surface area (Å²) in [6, 6.07) is 11.5. The lowest BCUT2D eigenvalue weighted by molar-refractivity contribution is -0.119. The molecule has 0 unspecified atom stereocenters. The molecule has 122 valence electrons. The van der Waals surface area contributed by atoms with Gasteiger partial charge in [0.1, 0.15) is 5.75 Å². The first-order valence-electron chi connectivity index (χ1n) is 7.40. The number of amides is 1.